The third-order valence-electron chi connectivity index (χ3n) is 3.04. The van der Waals surface area contributed by atoms with Gasteiger partial charge in [-0.1, -0.05) is 26.0 Å². The molecule has 0 aromatic heterocycles. The molecular weight excluding hydrogens is 242 g/mol. The van der Waals surface area contributed by atoms with Crippen molar-refractivity contribution in [2.75, 3.05) is 23.4 Å². The lowest BCUT2D eigenvalue weighted by atomic mass is 10.1. The monoisotopic (exact) mass is 265 g/mol. The molecule has 1 aromatic rings. The van der Waals surface area contributed by atoms with E-state index in [4.69, 9.17) is 4.74 Å². The largest absolute Gasteiger partial charge is 0.491 e. The van der Waals surface area contributed by atoms with Gasteiger partial charge in [-0.15, -0.1) is 0 Å². The molecule has 0 saturated carbocycles. The number of hydrogen-bond donors (Lipinski definition) is 1. The fourth-order valence-corrected chi connectivity index (χ4v) is 3.14. The van der Waals surface area contributed by atoms with Crippen molar-refractivity contribution in [3.05, 3.63) is 24.3 Å². The van der Waals surface area contributed by atoms with Gasteiger partial charge in [0.15, 0.2) is 0 Å². The highest BCUT2D eigenvalue weighted by Gasteiger charge is 2.15. The number of rotatable bonds is 5. The second-order valence-electron chi connectivity index (χ2n) is 5.23. The smallest absolute Gasteiger partial charge is 0.142 e. The average Bonchev–Trinajstić information content (AvgIpc) is 2.39. The van der Waals surface area contributed by atoms with Gasteiger partial charge >= 0.3 is 0 Å². The topological polar surface area (TPSA) is 21.3 Å². The minimum Gasteiger partial charge on any atom is -0.491 e. The Labute approximate surface area is 114 Å². The SMILES string of the molecule is CC(C)COc1ccccc1NC1CCSCC1. The Kier molecular flexibility index (Phi) is 5.24. The Morgan fingerprint density at radius 3 is 2.72 bits per heavy atom. The summed E-state index contributed by atoms with van der Waals surface area (Å²) in [6.07, 6.45) is 2.51. The zero-order valence-corrected chi connectivity index (χ0v) is 12.1. The molecule has 2 nitrogen and oxygen atoms in total. The number of ether oxygens (including phenoxy) is 1. The fourth-order valence-electron chi connectivity index (χ4n) is 2.03. The van der Waals surface area contributed by atoms with Crippen LogP contribution in [0.3, 0.4) is 0 Å². The molecule has 0 unspecified atom stereocenters. The van der Waals surface area contributed by atoms with Gasteiger partial charge < -0.3 is 10.1 Å². The van der Waals surface area contributed by atoms with Crippen LogP contribution in [0.2, 0.25) is 0 Å². The van der Waals surface area contributed by atoms with E-state index in [-0.39, 0.29) is 0 Å². The molecular formula is C15H23NOS. The van der Waals surface area contributed by atoms with Crippen LogP contribution in [0.15, 0.2) is 24.3 Å². The number of para-hydroxylation sites is 2. The van der Waals surface area contributed by atoms with Crippen LogP contribution in [0, 0.1) is 5.92 Å². The first-order valence-corrected chi connectivity index (χ1v) is 7.97. The van der Waals surface area contributed by atoms with E-state index in [9.17, 15) is 0 Å². The molecule has 2 rings (SSSR count). The molecule has 3 heteroatoms. The Hall–Kier alpha value is -0.830. The first kappa shape index (κ1) is 13.6. The molecule has 1 aliphatic heterocycles. The Balaban J connectivity index is 1.97. The quantitative estimate of drug-likeness (QED) is 0.868. The summed E-state index contributed by atoms with van der Waals surface area (Å²) < 4.78 is 5.87. The molecule has 1 aromatic carbocycles. The van der Waals surface area contributed by atoms with Crippen molar-refractivity contribution in [1.82, 2.24) is 0 Å². The van der Waals surface area contributed by atoms with Crippen LogP contribution in [-0.2, 0) is 0 Å². The Morgan fingerprint density at radius 2 is 2.00 bits per heavy atom. The van der Waals surface area contributed by atoms with Crippen molar-refractivity contribution in [3.8, 4) is 5.75 Å². The summed E-state index contributed by atoms with van der Waals surface area (Å²) in [5.74, 6) is 4.09. The maximum absolute atomic E-state index is 5.87. The van der Waals surface area contributed by atoms with Crippen LogP contribution in [0.1, 0.15) is 26.7 Å². The van der Waals surface area contributed by atoms with E-state index in [1.807, 2.05) is 6.07 Å². The number of nitrogens with one attached hydrogen (secondary N) is 1. The van der Waals surface area contributed by atoms with Crippen molar-refractivity contribution < 1.29 is 4.74 Å². The van der Waals surface area contributed by atoms with Crippen LogP contribution >= 0.6 is 11.8 Å². The Morgan fingerprint density at radius 1 is 1.28 bits per heavy atom. The van der Waals surface area contributed by atoms with Gasteiger partial charge in [-0.3, -0.25) is 0 Å². The van der Waals surface area contributed by atoms with Gasteiger partial charge in [0.1, 0.15) is 5.75 Å². The van der Waals surface area contributed by atoms with Gasteiger partial charge in [-0.05, 0) is 42.4 Å². The molecule has 0 bridgehead atoms. The van der Waals surface area contributed by atoms with Gasteiger partial charge in [0, 0.05) is 6.04 Å². The lowest BCUT2D eigenvalue weighted by molar-refractivity contribution is 0.272. The van der Waals surface area contributed by atoms with E-state index < -0.39 is 0 Å². The normalized spacial score (nSPS) is 16.8. The molecule has 1 heterocycles. The van der Waals surface area contributed by atoms with Gasteiger partial charge in [-0.2, -0.15) is 11.8 Å². The van der Waals surface area contributed by atoms with E-state index in [0.717, 1.165) is 18.0 Å². The van der Waals surface area contributed by atoms with Crippen molar-refractivity contribution >= 4 is 17.4 Å². The molecule has 1 aliphatic rings. The summed E-state index contributed by atoms with van der Waals surface area (Å²) in [4.78, 5) is 0. The second kappa shape index (κ2) is 6.93. The van der Waals surface area contributed by atoms with Crippen molar-refractivity contribution in [1.29, 1.82) is 0 Å². The molecule has 0 atom stereocenters. The third kappa shape index (κ3) is 4.13. The number of benzene rings is 1. The first-order valence-electron chi connectivity index (χ1n) is 6.82. The van der Waals surface area contributed by atoms with E-state index in [1.54, 1.807) is 0 Å². The summed E-state index contributed by atoms with van der Waals surface area (Å²) >= 11 is 2.06. The zero-order valence-electron chi connectivity index (χ0n) is 11.3. The van der Waals surface area contributed by atoms with Crippen molar-refractivity contribution in [3.63, 3.8) is 0 Å². The summed E-state index contributed by atoms with van der Waals surface area (Å²) in [7, 11) is 0. The third-order valence-corrected chi connectivity index (χ3v) is 4.09. The van der Waals surface area contributed by atoms with Crippen LogP contribution < -0.4 is 10.1 Å². The molecule has 0 radical (unpaired) electrons. The van der Waals surface area contributed by atoms with Gasteiger partial charge in [0.2, 0.25) is 0 Å². The Bertz CT molecular complexity index is 361. The molecule has 100 valence electrons. The highest BCUT2D eigenvalue weighted by Crippen LogP contribution is 2.28. The molecule has 0 aliphatic carbocycles. The predicted molar refractivity (Wildman–Crippen MR) is 80.7 cm³/mol. The van der Waals surface area contributed by atoms with E-state index in [0.29, 0.717) is 12.0 Å². The summed E-state index contributed by atoms with van der Waals surface area (Å²) in [6, 6.07) is 8.90. The van der Waals surface area contributed by atoms with Crippen molar-refractivity contribution in [2.45, 2.75) is 32.7 Å². The van der Waals surface area contributed by atoms with Crippen LogP contribution in [0.5, 0.6) is 5.75 Å². The maximum atomic E-state index is 5.87. The van der Waals surface area contributed by atoms with Crippen LogP contribution in [0.4, 0.5) is 5.69 Å². The highest BCUT2D eigenvalue weighted by atomic mass is 32.2. The average molecular weight is 265 g/mol. The summed E-state index contributed by atoms with van der Waals surface area (Å²) in [5, 5.41) is 3.63. The minimum atomic E-state index is 0.559. The number of anilines is 1. The molecule has 1 saturated heterocycles. The first-order chi connectivity index (χ1) is 8.75. The second-order valence-corrected chi connectivity index (χ2v) is 6.46. The van der Waals surface area contributed by atoms with Crippen molar-refractivity contribution in [2.24, 2.45) is 5.92 Å². The molecule has 0 spiro atoms. The molecule has 18 heavy (non-hydrogen) atoms. The minimum absolute atomic E-state index is 0.559. The van der Waals surface area contributed by atoms with Gasteiger partial charge in [-0.25, -0.2) is 0 Å². The lowest BCUT2D eigenvalue weighted by Crippen LogP contribution is -2.24. The predicted octanol–water partition coefficient (Wildman–Crippen LogP) is 4.03. The molecule has 1 N–H and O–H groups in total. The standard InChI is InChI=1S/C15H23NOS/c1-12(2)11-17-15-6-4-3-5-14(15)16-13-7-9-18-10-8-13/h3-6,12-13,16H,7-11H2,1-2H3. The van der Waals surface area contributed by atoms with E-state index in [2.05, 4.69) is 49.1 Å². The van der Waals surface area contributed by atoms with E-state index in [1.165, 1.54) is 24.3 Å². The number of hydrogen-bond acceptors (Lipinski definition) is 3. The summed E-state index contributed by atoms with van der Waals surface area (Å²) in [5.41, 5.74) is 1.15. The van der Waals surface area contributed by atoms with Gasteiger partial charge in [0.25, 0.3) is 0 Å². The zero-order chi connectivity index (χ0) is 12.8. The fraction of sp³-hybridized carbons (Fsp3) is 0.600. The molecule has 0 amide bonds. The van der Waals surface area contributed by atoms with Gasteiger partial charge in [0.05, 0.1) is 12.3 Å². The van der Waals surface area contributed by atoms with Crippen LogP contribution in [-0.4, -0.2) is 24.2 Å². The lowest BCUT2D eigenvalue weighted by Gasteiger charge is -2.25. The molecule has 1 fully saturated rings. The van der Waals surface area contributed by atoms with E-state index >= 15 is 0 Å². The van der Waals surface area contributed by atoms with Crippen LogP contribution in [0.25, 0.3) is 0 Å². The number of thioether (sulfide) groups is 1. The summed E-state index contributed by atoms with van der Waals surface area (Å²) in [6.45, 7) is 5.13. The maximum Gasteiger partial charge on any atom is 0.142 e. The highest BCUT2D eigenvalue weighted by molar-refractivity contribution is 7.99.